The van der Waals surface area contributed by atoms with Crippen LogP contribution in [0.4, 0.5) is 0 Å². The van der Waals surface area contributed by atoms with Crippen molar-refractivity contribution in [1.29, 1.82) is 0 Å². The number of carboxylic acids is 1. The van der Waals surface area contributed by atoms with Gasteiger partial charge in [0.15, 0.2) is 0 Å². The van der Waals surface area contributed by atoms with E-state index in [0.717, 1.165) is 43.6 Å². The molecule has 4 nitrogen and oxygen atoms in total. The molecular weight excluding hydrogens is 376 g/mol. The van der Waals surface area contributed by atoms with Crippen molar-refractivity contribution in [2.24, 2.45) is 11.8 Å². The summed E-state index contributed by atoms with van der Waals surface area (Å²) in [5, 5.41) is 7.60. The number of unbranched alkanes of at least 4 members (excludes halogenated alkanes) is 8. The van der Waals surface area contributed by atoms with E-state index in [9.17, 15) is 9.59 Å². The Kier molecular flexibility index (Phi) is 22.6. The second-order valence-corrected chi connectivity index (χ2v) is 8.93. The van der Waals surface area contributed by atoms with Gasteiger partial charge in [-0.05, 0) is 31.1 Å². The third-order valence-electron chi connectivity index (χ3n) is 4.88. The Balaban J connectivity index is 0. The van der Waals surface area contributed by atoms with E-state index in [2.05, 4.69) is 40.9 Å². The molecular formula is C26H48O4. The summed E-state index contributed by atoms with van der Waals surface area (Å²) in [6.45, 7) is 16.5. The minimum atomic E-state index is -0.981. The highest BCUT2D eigenvalue weighted by molar-refractivity contribution is 5.87. The maximum atomic E-state index is 11.9. The average Bonchev–Trinajstić information content (AvgIpc) is 2.68. The lowest BCUT2D eigenvalue weighted by Crippen LogP contribution is -2.08. The monoisotopic (exact) mass is 424 g/mol. The lowest BCUT2D eigenvalue weighted by Gasteiger charge is -2.08. The summed E-state index contributed by atoms with van der Waals surface area (Å²) in [7, 11) is 0. The lowest BCUT2D eigenvalue weighted by molar-refractivity contribution is -0.139. The molecule has 30 heavy (non-hydrogen) atoms. The number of carbonyl (C=O) groups is 2. The molecule has 0 fully saturated rings. The molecule has 0 aromatic heterocycles. The van der Waals surface area contributed by atoms with E-state index in [1.165, 1.54) is 57.8 Å². The first-order valence-electron chi connectivity index (χ1n) is 11.9. The lowest BCUT2D eigenvalue weighted by atomic mass is 10.0. The van der Waals surface area contributed by atoms with Crippen LogP contribution in [0.25, 0.3) is 0 Å². The highest BCUT2D eigenvalue weighted by atomic mass is 16.5. The van der Waals surface area contributed by atoms with Crippen LogP contribution in [0, 0.1) is 11.8 Å². The largest absolute Gasteiger partial charge is 0.478 e. The van der Waals surface area contributed by atoms with E-state index in [1.807, 2.05) is 0 Å². The van der Waals surface area contributed by atoms with Gasteiger partial charge in [-0.25, -0.2) is 9.59 Å². The smallest absolute Gasteiger partial charge is 0.333 e. The fourth-order valence-electron chi connectivity index (χ4n) is 2.98. The van der Waals surface area contributed by atoms with Crippen molar-refractivity contribution in [1.82, 2.24) is 0 Å². The third kappa shape index (κ3) is 26.4. The Bertz CT molecular complexity index is 452. The third-order valence-corrected chi connectivity index (χ3v) is 4.88. The molecule has 0 aliphatic rings. The summed E-state index contributed by atoms with van der Waals surface area (Å²) in [5.41, 5.74) is 0.652. The average molecular weight is 425 g/mol. The minimum Gasteiger partial charge on any atom is -0.478 e. The Labute approximate surface area is 186 Å². The summed E-state index contributed by atoms with van der Waals surface area (Å²) < 4.78 is 5.33. The van der Waals surface area contributed by atoms with Crippen LogP contribution >= 0.6 is 0 Å². The van der Waals surface area contributed by atoms with Gasteiger partial charge in [-0.2, -0.15) is 0 Å². The number of aliphatic carboxylic acids is 1. The van der Waals surface area contributed by atoms with E-state index in [-0.39, 0.29) is 5.97 Å². The van der Waals surface area contributed by atoms with Gasteiger partial charge in [0.1, 0.15) is 0 Å². The zero-order valence-electron chi connectivity index (χ0n) is 20.2. The van der Waals surface area contributed by atoms with Gasteiger partial charge in [0.25, 0.3) is 0 Å². The molecule has 0 aliphatic heterocycles. The van der Waals surface area contributed by atoms with Gasteiger partial charge in [-0.3, -0.25) is 0 Å². The molecule has 0 aromatic carbocycles. The number of rotatable bonds is 18. The van der Waals surface area contributed by atoms with Crippen molar-refractivity contribution >= 4 is 11.9 Å². The molecule has 0 bridgehead atoms. The van der Waals surface area contributed by atoms with Crippen LogP contribution in [0.2, 0.25) is 0 Å². The van der Waals surface area contributed by atoms with Gasteiger partial charge >= 0.3 is 11.9 Å². The molecule has 0 aliphatic carbocycles. The van der Waals surface area contributed by atoms with Gasteiger partial charge in [0.2, 0.25) is 0 Å². The van der Waals surface area contributed by atoms with E-state index in [4.69, 9.17) is 9.84 Å². The van der Waals surface area contributed by atoms with Crippen molar-refractivity contribution in [2.75, 3.05) is 6.61 Å². The van der Waals surface area contributed by atoms with Gasteiger partial charge in [-0.1, -0.05) is 105 Å². The van der Waals surface area contributed by atoms with Crippen molar-refractivity contribution < 1.29 is 19.4 Å². The number of hydrogen-bond donors (Lipinski definition) is 1. The zero-order chi connectivity index (χ0) is 23.2. The molecule has 0 unspecified atom stereocenters. The molecule has 0 saturated heterocycles. The van der Waals surface area contributed by atoms with Crippen LogP contribution < -0.4 is 0 Å². The van der Waals surface area contributed by atoms with Crippen LogP contribution in [0.3, 0.4) is 0 Å². The molecule has 0 amide bonds. The van der Waals surface area contributed by atoms with E-state index >= 15 is 0 Å². The first-order chi connectivity index (χ1) is 14.2. The second-order valence-electron chi connectivity index (χ2n) is 8.93. The van der Waals surface area contributed by atoms with E-state index < -0.39 is 5.97 Å². The second kappa shape index (κ2) is 22.1. The maximum Gasteiger partial charge on any atom is 0.333 e. The molecule has 0 aromatic rings. The first kappa shape index (κ1) is 30.6. The summed E-state index contributed by atoms with van der Waals surface area (Å²) >= 11 is 0. The molecule has 0 heterocycles. The van der Waals surface area contributed by atoms with Crippen molar-refractivity contribution in [2.45, 2.75) is 111 Å². The van der Waals surface area contributed by atoms with Crippen LogP contribution in [0.1, 0.15) is 111 Å². The Hall–Kier alpha value is -1.58. The highest BCUT2D eigenvalue weighted by Gasteiger charge is 2.08. The molecule has 176 valence electrons. The molecule has 1 N–H and O–H groups in total. The van der Waals surface area contributed by atoms with Crippen LogP contribution in [0.15, 0.2) is 24.8 Å². The number of esters is 1. The maximum absolute atomic E-state index is 11.9. The predicted octanol–water partition coefficient (Wildman–Crippen LogP) is 7.73. The Morgan fingerprint density at radius 2 is 1.20 bits per heavy atom. The minimum absolute atomic E-state index is 0.181. The van der Waals surface area contributed by atoms with Crippen molar-refractivity contribution in [3.05, 3.63) is 24.8 Å². The summed E-state index contributed by atoms with van der Waals surface area (Å²) in [6, 6.07) is 0. The molecule has 0 radical (unpaired) electrons. The molecule has 0 saturated carbocycles. The van der Waals surface area contributed by atoms with Crippen LogP contribution in [-0.2, 0) is 14.3 Å². The Morgan fingerprint density at radius 3 is 1.63 bits per heavy atom. The zero-order valence-corrected chi connectivity index (χ0v) is 20.2. The molecule has 0 rings (SSSR count). The van der Waals surface area contributed by atoms with Crippen molar-refractivity contribution in [3.63, 3.8) is 0 Å². The Morgan fingerprint density at radius 1 is 0.800 bits per heavy atom. The summed E-state index contributed by atoms with van der Waals surface area (Å²) in [4.78, 5) is 21.1. The molecule has 4 heteroatoms. The van der Waals surface area contributed by atoms with E-state index in [0.29, 0.717) is 12.2 Å². The summed E-state index contributed by atoms with van der Waals surface area (Å²) in [6.07, 6.45) is 16.5. The highest BCUT2D eigenvalue weighted by Crippen LogP contribution is 2.14. The fraction of sp³-hybridized carbons (Fsp3) is 0.769. The van der Waals surface area contributed by atoms with Crippen LogP contribution in [0.5, 0.6) is 0 Å². The topological polar surface area (TPSA) is 63.6 Å². The number of carboxylic acid groups (broad SMARTS) is 1. The predicted molar refractivity (Wildman–Crippen MR) is 128 cm³/mol. The van der Waals surface area contributed by atoms with E-state index in [1.54, 1.807) is 0 Å². The number of ether oxygens (including phenoxy) is 1. The van der Waals surface area contributed by atoms with Crippen LogP contribution in [-0.4, -0.2) is 23.7 Å². The van der Waals surface area contributed by atoms with Gasteiger partial charge < -0.3 is 9.84 Å². The van der Waals surface area contributed by atoms with Gasteiger partial charge in [0.05, 0.1) is 6.61 Å². The number of carbonyl (C=O) groups excluding carboxylic acids is 1. The normalized spacial score (nSPS) is 10.5. The van der Waals surface area contributed by atoms with Gasteiger partial charge in [-0.15, -0.1) is 0 Å². The molecule has 0 spiro atoms. The SMILES string of the molecule is C=C(CCCCCCCC(C)C)C(=O)OCCCCCCCC(C)C.C=CC(=O)O. The standard InChI is InChI=1S/C23H44O2.C3H4O2/c1-20(2)16-12-8-6-10-14-18-22(5)23(24)25-19-15-11-7-9-13-17-21(3)4;1-2-3(4)5/h20-21H,5-19H2,1-4H3;2H,1H2,(H,4,5). The number of hydrogen-bond acceptors (Lipinski definition) is 3. The first-order valence-corrected chi connectivity index (χ1v) is 11.9. The van der Waals surface area contributed by atoms with Gasteiger partial charge in [0, 0.05) is 11.6 Å². The quantitative estimate of drug-likeness (QED) is 0.139. The van der Waals surface area contributed by atoms with Crippen molar-refractivity contribution in [3.8, 4) is 0 Å². The fourth-order valence-corrected chi connectivity index (χ4v) is 2.98. The summed E-state index contributed by atoms with van der Waals surface area (Å²) in [5.74, 6) is 0.464. The molecule has 0 atom stereocenters.